The molecule has 0 aliphatic carbocycles. The van der Waals surface area contributed by atoms with E-state index in [1.165, 1.54) is 10.1 Å². The number of fused-ring (bicyclic) bond motifs is 3. The number of nitrogens with two attached hydrogens (primary N) is 1. The molecule has 120 valence electrons. The molecule has 0 aliphatic heterocycles. The predicted octanol–water partition coefficient (Wildman–Crippen LogP) is 5.14. The van der Waals surface area contributed by atoms with Gasteiger partial charge in [-0.2, -0.15) is 0 Å². The van der Waals surface area contributed by atoms with Crippen molar-refractivity contribution in [2.75, 3.05) is 7.11 Å². The number of methoxy groups -OCH3 is 1. The monoisotopic (exact) mass is 334 g/mol. The number of benzene rings is 2. The Bertz CT molecular complexity index is 1020. The molecular formula is C20H18N2OS. The van der Waals surface area contributed by atoms with Gasteiger partial charge in [-0.25, -0.2) is 0 Å². The lowest BCUT2D eigenvalue weighted by Gasteiger charge is -2.14. The Kier molecular flexibility index (Phi) is 3.71. The van der Waals surface area contributed by atoms with Gasteiger partial charge in [-0.3, -0.25) is 4.98 Å². The molecule has 4 rings (SSSR count). The van der Waals surface area contributed by atoms with Crippen molar-refractivity contribution in [3.63, 3.8) is 0 Å². The number of hydrogen-bond donors (Lipinski definition) is 1. The molecule has 0 saturated carbocycles. The average molecular weight is 334 g/mol. The second-order valence-electron chi connectivity index (χ2n) is 5.90. The highest BCUT2D eigenvalue weighted by Crippen LogP contribution is 2.41. The molecular weight excluding hydrogens is 316 g/mol. The lowest BCUT2D eigenvalue weighted by Crippen LogP contribution is -2.04. The highest BCUT2D eigenvalue weighted by molar-refractivity contribution is 7.17. The Morgan fingerprint density at radius 1 is 1.08 bits per heavy atom. The first kappa shape index (κ1) is 15.1. The molecule has 2 heterocycles. The molecule has 1 unspecified atom stereocenters. The zero-order valence-corrected chi connectivity index (χ0v) is 14.4. The van der Waals surface area contributed by atoms with Crippen LogP contribution in [-0.4, -0.2) is 12.1 Å². The highest BCUT2D eigenvalue weighted by atomic mass is 32.1. The summed E-state index contributed by atoms with van der Waals surface area (Å²) in [6.45, 7) is 1.99. The van der Waals surface area contributed by atoms with Gasteiger partial charge in [0, 0.05) is 28.6 Å². The number of hydrogen-bond acceptors (Lipinski definition) is 4. The third-order valence-corrected chi connectivity index (χ3v) is 5.23. The standard InChI is InChI=1S/C20H18N2OS/c1-12(21)13-3-5-14(6-4-13)19-17(23-2)8-7-16-20(19)15-9-10-24-18(15)11-22-16/h3-12H,21H2,1-2H3. The zero-order chi connectivity index (χ0) is 16.7. The first-order valence-electron chi connectivity index (χ1n) is 7.88. The van der Waals surface area contributed by atoms with Crippen LogP contribution in [0.15, 0.2) is 54.0 Å². The SMILES string of the molecule is COc1ccc2ncc3sccc3c2c1-c1ccc(C(C)N)cc1. The fourth-order valence-corrected chi connectivity index (χ4v) is 3.88. The molecule has 0 fully saturated rings. The zero-order valence-electron chi connectivity index (χ0n) is 13.6. The van der Waals surface area contributed by atoms with Crippen LogP contribution in [0.4, 0.5) is 0 Å². The van der Waals surface area contributed by atoms with Crippen molar-refractivity contribution in [2.24, 2.45) is 5.73 Å². The van der Waals surface area contributed by atoms with Gasteiger partial charge in [-0.15, -0.1) is 11.3 Å². The molecule has 1 atom stereocenters. The van der Waals surface area contributed by atoms with Crippen LogP contribution in [0, 0.1) is 0 Å². The van der Waals surface area contributed by atoms with Gasteiger partial charge in [0.2, 0.25) is 0 Å². The van der Waals surface area contributed by atoms with Crippen LogP contribution in [0.1, 0.15) is 18.5 Å². The molecule has 0 bridgehead atoms. The topological polar surface area (TPSA) is 48.1 Å². The Hall–Kier alpha value is -2.43. The van der Waals surface area contributed by atoms with Gasteiger partial charge in [-0.1, -0.05) is 24.3 Å². The Labute approximate surface area is 144 Å². The van der Waals surface area contributed by atoms with E-state index in [1.54, 1.807) is 18.4 Å². The lowest BCUT2D eigenvalue weighted by atomic mass is 9.96. The molecule has 0 aliphatic rings. The van der Waals surface area contributed by atoms with Crippen molar-refractivity contribution in [1.29, 1.82) is 0 Å². The maximum absolute atomic E-state index is 5.98. The van der Waals surface area contributed by atoms with Crippen LogP contribution in [0.3, 0.4) is 0 Å². The summed E-state index contributed by atoms with van der Waals surface area (Å²) in [6, 6.07) is 14.6. The summed E-state index contributed by atoms with van der Waals surface area (Å²) >= 11 is 1.71. The average Bonchev–Trinajstić information content (AvgIpc) is 3.09. The van der Waals surface area contributed by atoms with E-state index in [0.717, 1.165) is 33.3 Å². The first-order chi connectivity index (χ1) is 11.7. The molecule has 4 aromatic rings. The third-order valence-electron chi connectivity index (χ3n) is 4.38. The molecule has 2 N–H and O–H groups in total. The van der Waals surface area contributed by atoms with Gasteiger partial charge in [0.05, 0.1) is 17.3 Å². The largest absolute Gasteiger partial charge is 0.496 e. The number of rotatable bonds is 3. The Morgan fingerprint density at radius 3 is 2.58 bits per heavy atom. The highest BCUT2D eigenvalue weighted by Gasteiger charge is 2.15. The smallest absolute Gasteiger partial charge is 0.127 e. The maximum Gasteiger partial charge on any atom is 0.127 e. The van der Waals surface area contributed by atoms with Crippen LogP contribution >= 0.6 is 11.3 Å². The van der Waals surface area contributed by atoms with Crippen LogP contribution in [0.25, 0.3) is 32.1 Å². The van der Waals surface area contributed by atoms with Crippen LogP contribution in [0.2, 0.25) is 0 Å². The number of ether oxygens (including phenoxy) is 1. The summed E-state index contributed by atoms with van der Waals surface area (Å²) in [7, 11) is 1.71. The van der Waals surface area contributed by atoms with Crippen molar-refractivity contribution in [3.05, 3.63) is 59.6 Å². The molecule has 2 aromatic heterocycles. The van der Waals surface area contributed by atoms with Crippen molar-refractivity contribution in [2.45, 2.75) is 13.0 Å². The molecule has 4 heteroatoms. The molecule has 0 radical (unpaired) electrons. The van der Waals surface area contributed by atoms with Crippen LogP contribution in [0.5, 0.6) is 5.75 Å². The maximum atomic E-state index is 5.98. The van der Waals surface area contributed by atoms with E-state index in [1.807, 2.05) is 25.3 Å². The predicted molar refractivity (Wildman–Crippen MR) is 102 cm³/mol. The van der Waals surface area contributed by atoms with Gasteiger partial charge in [-0.05, 0) is 41.6 Å². The van der Waals surface area contributed by atoms with Crippen LogP contribution < -0.4 is 10.5 Å². The fourth-order valence-electron chi connectivity index (χ4n) is 3.12. The van der Waals surface area contributed by atoms with E-state index in [0.29, 0.717) is 0 Å². The van der Waals surface area contributed by atoms with Gasteiger partial charge in [0.1, 0.15) is 5.75 Å². The van der Waals surface area contributed by atoms with Crippen molar-refractivity contribution in [1.82, 2.24) is 4.98 Å². The Balaban J connectivity index is 2.06. The number of nitrogens with zero attached hydrogens (tertiary/aromatic N) is 1. The van der Waals surface area contributed by atoms with Crippen LogP contribution in [-0.2, 0) is 0 Å². The minimum Gasteiger partial charge on any atom is -0.496 e. The number of thiophene rings is 1. The molecule has 24 heavy (non-hydrogen) atoms. The van der Waals surface area contributed by atoms with E-state index in [9.17, 15) is 0 Å². The van der Waals surface area contributed by atoms with Gasteiger partial charge in [0.25, 0.3) is 0 Å². The molecule has 3 nitrogen and oxygen atoms in total. The van der Waals surface area contributed by atoms with E-state index in [2.05, 4.69) is 40.7 Å². The van der Waals surface area contributed by atoms with Gasteiger partial charge in [0.15, 0.2) is 0 Å². The fraction of sp³-hybridized carbons (Fsp3) is 0.150. The molecule has 0 spiro atoms. The third kappa shape index (κ3) is 2.35. The summed E-state index contributed by atoms with van der Waals surface area (Å²) in [6.07, 6.45) is 1.94. The summed E-state index contributed by atoms with van der Waals surface area (Å²) in [4.78, 5) is 4.62. The minimum absolute atomic E-state index is 0.0266. The quantitative estimate of drug-likeness (QED) is 0.564. The first-order valence-corrected chi connectivity index (χ1v) is 8.76. The van der Waals surface area contributed by atoms with Crippen molar-refractivity contribution in [3.8, 4) is 16.9 Å². The molecule has 0 amide bonds. The van der Waals surface area contributed by atoms with Crippen molar-refractivity contribution < 1.29 is 4.74 Å². The van der Waals surface area contributed by atoms with Gasteiger partial charge < -0.3 is 10.5 Å². The Morgan fingerprint density at radius 2 is 1.88 bits per heavy atom. The molecule has 2 aromatic carbocycles. The van der Waals surface area contributed by atoms with Gasteiger partial charge >= 0.3 is 0 Å². The second-order valence-corrected chi connectivity index (χ2v) is 6.85. The summed E-state index contributed by atoms with van der Waals surface area (Å²) in [5.74, 6) is 0.858. The summed E-state index contributed by atoms with van der Waals surface area (Å²) < 4.78 is 6.85. The van der Waals surface area contributed by atoms with E-state index in [-0.39, 0.29) is 6.04 Å². The summed E-state index contributed by atoms with van der Waals surface area (Å²) in [5.41, 5.74) is 10.3. The number of aromatic nitrogens is 1. The summed E-state index contributed by atoms with van der Waals surface area (Å²) in [5, 5.41) is 4.46. The minimum atomic E-state index is 0.0266. The van der Waals surface area contributed by atoms with Crippen molar-refractivity contribution >= 4 is 32.3 Å². The number of pyridine rings is 1. The lowest BCUT2D eigenvalue weighted by molar-refractivity contribution is 0.417. The van der Waals surface area contributed by atoms with E-state index in [4.69, 9.17) is 10.5 Å². The van der Waals surface area contributed by atoms with E-state index < -0.39 is 0 Å². The van der Waals surface area contributed by atoms with E-state index >= 15 is 0 Å². The molecule has 0 saturated heterocycles. The second kappa shape index (κ2) is 5.89. The normalized spacial score (nSPS) is 12.6.